The fourth-order valence-corrected chi connectivity index (χ4v) is 4.36. The van der Waals surface area contributed by atoms with E-state index in [-0.39, 0.29) is 25.6 Å². The van der Waals surface area contributed by atoms with Crippen LogP contribution in [0.2, 0.25) is 0 Å². The van der Waals surface area contributed by atoms with Gasteiger partial charge in [0, 0.05) is 12.1 Å². The van der Waals surface area contributed by atoms with Gasteiger partial charge in [-0.05, 0) is 13.8 Å². The Hall–Kier alpha value is -3.65. The largest absolute Gasteiger partial charge is 0.464 e. The minimum atomic E-state index is -0.660. The normalized spacial score (nSPS) is 24.6. The van der Waals surface area contributed by atoms with Gasteiger partial charge >= 0.3 is 12.0 Å². The number of urea groups is 1. The van der Waals surface area contributed by atoms with E-state index >= 15 is 0 Å². The van der Waals surface area contributed by atoms with E-state index in [1.807, 2.05) is 37.3 Å². The number of hydrogen-bond donors (Lipinski definition) is 2. The van der Waals surface area contributed by atoms with Crippen molar-refractivity contribution < 1.29 is 33.3 Å². The van der Waals surface area contributed by atoms with Gasteiger partial charge in [0.25, 0.3) is 0 Å². The molecule has 5 rings (SSSR count). The van der Waals surface area contributed by atoms with Crippen LogP contribution in [-0.2, 0) is 28.5 Å². The first kappa shape index (κ1) is 25.0. The molecule has 2 amide bonds. The number of nitrogens with zero attached hydrogens (tertiary/aromatic N) is 4. The second-order valence-corrected chi connectivity index (χ2v) is 8.36. The van der Waals surface area contributed by atoms with Gasteiger partial charge in [-0.3, -0.25) is 9.88 Å². The molecule has 5 atom stereocenters. The zero-order valence-corrected chi connectivity index (χ0v) is 20.4. The van der Waals surface area contributed by atoms with Gasteiger partial charge in [-0.25, -0.2) is 24.5 Å². The van der Waals surface area contributed by atoms with Crippen molar-refractivity contribution in [3.63, 3.8) is 0 Å². The Balaban J connectivity index is 1.40. The molecule has 196 valence electrons. The van der Waals surface area contributed by atoms with Crippen LogP contribution in [0.3, 0.4) is 0 Å². The lowest BCUT2D eigenvalue weighted by Gasteiger charge is -2.21. The maximum atomic E-state index is 12.0. The van der Waals surface area contributed by atoms with E-state index < -0.39 is 42.8 Å². The number of aromatic nitrogens is 4. The predicted molar refractivity (Wildman–Crippen MR) is 128 cm³/mol. The van der Waals surface area contributed by atoms with E-state index in [9.17, 15) is 9.59 Å². The summed E-state index contributed by atoms with van der Waals surface area (Å²) in [6.45, 7) is 4.18. The molecule has 37 heavy (non-hydrogen) atoms. The molecule has 2 saturated heterocycles. The number of hydrogen-bond acceptors (Lipinski definition) is 10. The van der Waals surface area contributed by atoms with Crippen molar-refractivity contribution in [3.8, 4) is 0 Å². The van der Waals surface area contributed by atoms with Gasteiger partial charge in [0.1, 0.15) is 31.2 Å². The Morgan fingerprint density at radius 1 is 1.05 bits per heavy atom. The SMILES string of the molecule is CCNC(=O)Nc1ncnc2c1ncn2C1OC(COCC(=O)OCC)C2O[C@H](c3ccccc3)OC21. The maximum Gasteiger partial charge on any atom is 0.332 e. The zero-order valence-electron chi connectivity index (χ0n) is 20.4. The standard InChI is InChI=1S/C24H28N6O7/c1-3-25-24(32)29-20-17-21(27-12-26-20)30(13-28-17)22-19-18(15(35-22)10-33-11-16(31)34-4-2)36-23(37-19)14-8-6-5-7-9-14/h5-9,12-13,15,18-19,22-23H,3-4,10-11H2,1-2H3,(H2,25,26,27,29,32)/t15?,18?,19?,22?,23-/m0/s1. The fourth-order valence-electron chi connectivity index (χ4n) is 4.36. The summed E-state index contributed by atoms with van der Waals surface area (Å²) in [4.78, 5) is 36.7. The number of rotatable bonds is 9. The molecule has 0 aliphatic carbocycles. The molecule has 13 nitrogen and oxygen atoms in total. The minimum Gasteiger partial charge on any atom is -0.464 e. The smallest absolute Gasteiger partial charge is 0.332 e. The van der Waals surface area contributed by atoms with E-state index in [1.165, 1.54) is 6.33 Å². The number of nitrogens with one attached hydrogen (secondary N) is 2. The molecule has 4 unspecified atom stereocenters. The van der Waals surface area contributed by atoms with Crippen molar-refractivity contribution in [3.05, 3.63) is 48.5 Å². The molecule has 1 aromatic carbocycles. The highest BCUT2D eigenvalue weighted by molar-refractivity contribution is 5.95. The Labute approximate surface area is 212 Å². The molecule has 3 aromatic rings. The first-order chi connectivity index (χ1) is 18.1. The van der Waals surface area contributed by atoms with Crippen LogP contribution in [0.4, 0.5) is 10.6 Å². The Bertz CT molecular complexity index is 1240. The first-order valence-corrected chi connectivity index (χ1v) is 12.1. The van der Waals surface area contributed by atoms with Crippen molar-refractivity contribution in [2.24, 2.45) is 0 Å². The summed E-state index contributed by atoms with van der Waals surface area (Å²) >= 11 is 0. The van der Waals surface area contributed by atoms with Gasteiger partial charge in [-0.1, -0.05) is 30.3 Å². The molecule has 13 heteroatoms. The Morgan fingerprint density at radius 2 is 1.86 bits per heavy atom. The van der Waals surface area contributed by atoms with E-state index in [4.69, 9.17) is 23.7 Å². The van der Waals surface area contributed by atoms with E-state index in [0.29, 0.717) is 17.7 Å². The van der Waals surface area contributed by atoms with Crippen LogP contribution >= 0.6 is 0 Å². The Morgan fingerprint density at radius 3 is 2.65 bits per heavy atom. The first-order valence-electron chi connectivity index (χ1n) is 12.1. The second-order valence-electron chi connectivity index (χ2n) is 8.36. The lowest BCUT2D eigenvalue weighted by molar-refractivity contribution is -0.163. The van der Waals surface area contributed by atoms with Crippen molar-refractivity contribution in [2.45, 2.75) is 44.7 Å². The molecule has 2 N–H and O–H groups in total. The van der Waals surface area contributed by atoms with Crippen molar-refractivity contribution >= 4 is 29.0 Å². The number of amides is 2. The third-order valence-electron chi connectivity index (χ3n) is 5.93. The topological polar surface area (TPSA) is 148 Å². The number of fused-ring (bicyclic) bond motifs is 2. The van der Waals surface area contributed by atoms with Crippen LogP contribution in [-0.4, -0.2) is 76.2 Å². The fraction of sp³-hybridized carbons (Fsp3) is 0.458. The number of esters is 1. The van der Waals surface area contributed by atoms with Crippen LogP contribution < -0.4 is 10.6 Å². The van der Waals surface area contributed by atoms with E-state index in [2.05, 4.69) is 25.6 Å². The highest BCUT2D eigenvalue weighted by Gasteiger charge is 2.54. The van der Waals surface area contributed by atoms with E-state index in [0.717, 1.165) is 5.56 Å². The summed E-state index contributed by atoms with van der Waals surface area (Å²) < 4.78 is 31.1. The molecule has 2 aliphatic rings. The average Bonchev–Trinajstić information content (AvgIpc) is 3.60. The minimum absolute atomic E-state index is 0.0902. The summed E-state index contributed by atoms with van der Waals surface area (Å²) in [5.41, 5.74) is 1.72. The molecular formula is C24H28N6O7. The quantitative estimate of drug-likeness (QED) is 0.407. The van der Waals surface area contributed by atoms with Crippen molar-refractivity contribution in [1.82, 2.24) is 24.8 Å². The molecule has 4 heterocycles. The van der Waals surface area contributed by atoms with Crippen LogP contribution in [0.25, 0.3) is 11.2 Å². The molecule has 0 bridgehead atoms. The highest BCUT2D eigenvalue weighted by Crippen LogP contribution is 2.45. The lowest BCUT2D eigenvalue weighted by Crippen LogP contribution is -2.32. The molecular weight excluding hydrogens is 484 g/mol. The number of imidazole rings is 1. The molecule has 2 fully saturated rings. The average molecular weight is 513 g/mol. The summed E-state index contributed by atoms with van der Waals surface area (Å²) in [5.74, 6) is -0.187. The molecule has 2 aliphatic heterocycles. The molecule has 0 radical (unpaired) electrons. The van der Waals surface area contributed by atoms with Gasteiger partial charge in [-0.15, -0.1) is 0 Å². The molecule has 2 aromatic heterocycles. The van der Waals surface area contributed by atoms with Crippen LogP contribution in [0.5, 0.6) is 0 Å². The number of carbonyl (C=O) groups is 2. The number of benzene rings is 1. The summed E-state index contributed by atoms with van der Waals surface area (Å²) in [6.07, 6.45) is 0.100. The van der Waals surface area contributed by atoms with Crippen LogP contribution in [0, 0.1) is 0 Å². The monoisotopic (exact) mass is 512 g/mol. The van der Waals surface area contributed by atoms with Crippen LogP contribution in [0.15, 0.2) is 43.0 Å². The van der Waals surface area contributed by atoms with Gasteiger partial charge in [-0.2, -0.15) is 0 Å². The van der Waals surface area contributed by atoms with E-state index in [1.54, 1.807) is 17.8 Å². The third-order valence-corrected chi connectivity index (χ3v) is 5.93. The second kappa shape index (κ2) is 11.2. The van der Waals surface area contributed by atoms with Gasteiger partial charge in [0.05, 0.1) is 19.5 Å². The lowest BCUT2D eigenvalue weighted by atomic mass is 10.1. The van der Waals surface area contributed by atoms with Crippen molar-refractivity contribution in [1.29, 1.82) is 0 Å². The van der Waals surface area contributed by atoms with Gasteiger partial charge in [0.2, 0.25) is 0 Å². The number of anilines is 1. The predicted octanol–water partition coefficient (Wildman–Crippen LogP) is 1.93. The van der Waals surface area contributed by atoms with Gasteiger partial charge < -0.3 is 29.0 Å². The van der Waals surface area contributed by atoms with Crippen LogP contribution in [0.1, 0.15) is 31.9 Å². The highest BCUT2D eigenvalue weighted by atomic mass is 16.8. The summed E-state index contributed by atoms with van der Waals surface area (Å²) in [7, 11) is 0. The zero-order chi connectivity index (χ0) is 25.8. The molecule has 0 spiro atoms. The van der Waals surface area contributed by atoms with Gasteiger partial charge in [0.15, 0.2) is 29.5 Å². The van der Waals surface area contributed by atoms with Crippen molar-refractivity contribution in [2.75, 3.05) is 31.7 Å². The summed E-state index contributed by atoms with van der Waals surface area (Å²) in [5, 5.41) is 5.34. The molecule has 0 saturated carbocycles. The Kier molecular flexibility index (Phi) is 7.55. The number of carbonyl (C=O) groups excluding carboxylic acids is 2. The number of ether oxygens (including phenoxy) is 5. The maximum absolute atomic E-state index is 12.0. The third kappa shape index (κ3) is 5.25. The summed E-state index contributed by atoms with van der Waals surface area (Å²) in [6, 6.07) is 9.19.